The predicted molar refractivity (Wildman–Crippen MR) is 70.1 cm³/mol. The molecule has 0 unspecified atom stereocenters. The number of carbonyl (C=O) groups is 1. The number of carbonyl (C=O) groups excluding carboxylic acids is 1. The minimum atomic E-state index is -0.317. The van der Waals surface area contributed by atoms with Crippen LogP contribution >= 0.6 is 0 Å². The van der Waals surface area contributed by atoms with E-state index >= 15 is 0 Å². The lowest BCUT2D eigenvalue weighted by Gasteiger charge is -2.31. The van der Waals surface area contributed by atoms with Crippen molar-refractivity contribution in [3.05, 3.63) is 47.3 Å². The molecule has 0 saturated heterocycles. The van der Waals surface area contributed by atoms with Gasteiger partial charge in [-0.3, -0.25) is 4.79 Å². The molecule has 5 nitrogen and oxygen atoms in total. The predicted octanol–water partition coefficient (Wildman–Crippen LogP) is 1.83. The maximum atomic E-state index is 13.2. The molecule has 1 aliphatic heterocycles. The summed E-state index contributed by atoms with van der Waals surface area (Å²) < 4.78 is 15.1. The zero-order valence-electron chi connectivity index (χ0n) is 11.4. The molecule has 0 saturated carbocycles. The van der Waals surface area contributed by atoms with Crippen molar-refractivity contribution < 1.29 is 9.18 Å². The summed E-state index contributed by atoms with van der Waals surface area (Å²) in [7, 11) is 0. The smallest absolute Gasteiger partial charge is 0.246 e. The molecule has 2 heterocycles. The summed E-state index contributed by atoms with van der Waals surface area (Å²) in [5.74, 6) is 1.22. The number of nitrogens with zero attached hydrogens (tertiary/aromatic N) is 4. The maximum absolute atomic E-state index is 13.2. The summed E-state index contributed by atoms with van der Waals surface area (Å²) in [6.45, 7) is 4.45. The van der Waals surface area contributed by atoms with E-state index in [1.165, 1.54) is 12.1 Å². The second-order valence-corrected chi connectivity index (χ2v) is 5.03. The zero-order chi connectivity index (χ0) is 14.3. The molecule has 0 fully saturated rings. The van der Waals surface area contributed by atoms with Crippen molar-refractivity contribution in [1.82, 2.24) is 19.7 Å². The van der Waals surface area contributed by atoms with Gasteiger partial charge in [0.25, 0.3) is 0 Å². The van der Waals surface area contributed by atoms with Gasteiger partial charge in [0.1, 0.15) is 17.7 Å². The highest BCUT2D eigenvalue weighted by Crippen LogP contribution is 2.23. The number of aromatic nitrogens is 3. The monoisotopic (exact) mass is 274 g/mol. The molecule has 20 heavy (non-hydrogen) atoms. The van der Waals surface area contributed by atoms with Gasteiger partial charge in [-0.05, 0) is 31.5 Å². The molecule has 2 aromatic rings. The van der Waals surface area contributed by atoms with Gasteiger partial charge in [-0.1, -0.05) is 12.1 Å². The van der Waals surface area contributed by atoms with Crippen LogP contribution in [0, 0.1) is 12.7 Å². The molecule has 0 spiro atoms. The summed E-state index contributed by atoms with van der Waals surface area (Å²) in [5.41, 5.74) is 0.773. The first kappa shape index (κ1) is 12.8. The zero-order valence-corrected chi connectivity index (χ0v) is 11.4. The van der Waals surface area contributed by atoms with Gasteiger partial charge in [-0.15, -0.1) is 10.2 Å². The van der Waals surface area contributed by atoms with Crippen LogP contribution in [0.25, 0.3) is 0 Å². The number of hydrogen-bond acceptors (Lipinski definition) is 3. The van der Waals surface area contributed by atoms with Gasteiger partial charge in [0, 0.05) is 6.54 Å². The van der Waals surface area contributed by atoms with E-state index in [9.17, 15) is 9.18 Å². The molecular formula is C14H15FN4O. The minimum Gasteiger partial charge on any atom is -0.329 e. The molecule has 6 heteroatoms. The van der Waals surface area contributed by atoms with Crippen molar-refractivity contribution in [2.75, 3.05) is 0 Å². The molecule has 0 bridgehead atoms. The van der Waals surface area contributed by atoms with Crippen LogP contribution in [0.2, 0.25) is 0 Å². The average Bonchev–Trinajstić information content (AvgIpc) is 2.77. The third kappa shape index (κ3) is 2.07. The Labute approximate surface area is 116 Å². The number of fused-ring (bicyclic) bond motifs is 1. The van der Waals surface area contributed by atoms with Gasteiger partial charge in [0.15, 0.2) is 5.82 Å². The molecule has 1 aliphatic rings. The number of benzene rings is 1. The molecule has 0 aliphatic carbocycles. The molecule has 0 radical (unpaired) electrons. The third-order valence-corrected chi connectivity index (χ3v) is 3.59. The van der Waals surface area contributed by atoms with E-state index in [0.29, 0.717) is 13.1 Å². The lowest BCUT2D eigenvalue weighted by Crippen LogP contribution is -2.41. The largest absolute Gasteiger partial charge is 0.329 e. The number of halogens is 1. The lowest BCUT2D eigenvalue weighted by molar-refractivity contribution is -0.137. The number of rotatable bonds is 2. The standard InChI is InChI=1S/C14H15FN4O/c1-9-14(20)18(7-11-4-3-5-12(15)6-11)8-13-17-16-10(2)19(9)13/h3-6,9H,7-8H2,1-2H3/t9-/m0/s1. The van der Waals surface area contributed by atoms with Gasteiger partial charge < -0.3 is 9.47 Å². The molecule has 0 N–H and O–H groups in total. The van der Waals surface area contributed by atoms with Crippen LogP contribution in [0.4, 0.5) is 4.39 Å². The fraction of sp³-hybridized carbons (Fsp3) is 0.357. The highest BCUT2D eigenvalue weighted by Gasteiger charge is 2.32. The highest BCUT2D eigenvalue weighted by atomic mass is 19.1. The Bertz CT molecular complexity index is 667. The molecule has 1 amide bonds. The van der Waals surface area contributed by atoms with Gasteiger partial charge >= 0.3 is 0 Å². The van der Waals surface area contributed by atoms with Crippen molar-refractivity contribution >= 4 is 5.91 Å². The molecular weight excluding hydrogens is 259 g/mol. The van der Waals surface area contributed by atoms with Crippen LogP contribution < -0.4 is 0 Å². The lowest BCUT2D eigenvalue weighted by atomic mass is 10.1. The topological polar surface area (TPSA) is 51.0 Å². The second kappa shape index (κ2) is 4.70. The first-order valence-electron chi connectivity index (χ1n) is 6.50. The Morgan fingerprint density at radius 3 is 2.95 bits per heavy atom. The maximum Gasteiger partial charge on any atom is 0.246 e. The van der Waals surface area contributed by atoms with Crippen LogP contribution in [-0.2, 0) is 17.9 Å². The van der Waals surface area contributed by atoms with E-state index in [1.54, 1.807) is 11.0 Å². The summed E-state index contributed by atoms with van der Waals surface area (Å²) in [5, 5.41) is 8.11. The number of amides is 1. The average molecular weight is 274 g/mol. The third-order valence-electron chi connectivity index (χ3n) is 3.59. The Hall–Kier alpha value is -2.24. The van der Waals surface area contributed by atoms with Crippen LogP contribution in [0.3, 0.4) is 0 Å². The van der Waals surface area contributed by atoms with E-state index in [4.69, 9.17) is 0 Å². The molecule has 3 rings (SSSR count). The second-order valence-electron chi connectivity index (χ2n) is 5.03. The van der Waals surface area contributed by atoms with E-state index in [-0.39, 0.29) is 17.8 Å². The Morgan fingerprint density at radius 1 is 1.40 bits per heavy atom. The highest BCUT2D eigenvalue weighted by molar-refractivity contribution is 5.81. The van der Waals surface area contributed by atoms with Crippen LogP contribution in [-0.4, -0.2) is 25.6 Å². The summed E-state index contributed by atoms with van der Waals surface area (Å²) in [6.07, 6.45) is 0. The van der Waals surface area contributed by atoms with E-state index in [1.807, 2.05) is 24.5 Å². The fourth-order valence-electron chi connectivity index (χ4n) is 2.64. The van der Waals surface area contributed by atoms with Crippen LogP contribution in [0.1, 0.15) is 30.2 Å². The van der Waals surface area contributed by atoms with E-state index in [2.05, 4.69) is 10.2 Å². The van der Waals surface area contributed by atoms with E-state index < -0.39 is 0 Å². The summed E-state index contributed by atoms with van der Waals surface area (Å²) in [4.78, 5) is 14.1. The van der Waals surface area contributed by atoms with Crippen molar-refractivity contribution in [2.24, 2.45) is 0 Å². The number of aryl methyl sites for hydroxylation is 1. The Balaban J connectivity index is 1.87. The minimum absolute atomic E-state index is 0.00432. The summed E-state index contributed by atoms with van der Waals surface area (Å²) in [6, 6.07) is 5.98. The van der Waals surface area contributed by atoms with Crippen molar-refractivity contribution in [1.29, 1.82) is 0 Å². The first-order valence-corrected chi connectivity index (χ1v) is 6.50. The van der Waals surface area contributed by atoms with Gasteiger partial charge in [0.2, 0.25) is 5.91 Å². The van der Waals surface area contributed by atoms with E-state index in [0.717, 1.165) is 17.2 Å². The quantitative estimate of drug-likeness (QED) is 0.839. The van der Waals surface area contributed by atoms with Gasteiger partial charge in [0.05, 0.1) is 6.54 Å². The Morgan fingerprint density at radius 2 is 2.20 bits per heavy atom. The first-order chi connectivity index (χ1) is 9.56. The van der Waals surface area contributed by atoms with Crippen molar-refractivity contribution in [2.45, 2.75) is 33.0 Å². The SMILES string of the molecule is Cc1nnc2n1[C@@H](C)C(=O)N(Cc1cccc(F)c1)C2. The fourth-order valence-corrected chi connectivity index (χ4v) is 2.64. The molecule has 1 aromatic carbocycles. The number of hydrogen-bond donors (Lipinski definition) is 0. The molecule has 104 valence electrons. The summed E-state index contributed by atoms with van der Waals surface area (Å²) >= 11 is 0. The van der Waals surface area contributed by atoms with Gasteiger partial charge in [-0.25, -0.2) is 4.39 Å². The van der Waals surface area contributed by atoms with Crippen LogP contribution in [0.5, 0.6) is 0 Å². The molecule has 1 aromatic heterocycles. The normalized spacial score (nSPS) is 18.2. The van der Waals surface area contributed by atoms with Crippen molar-refractivity contribution in [3.8, 4) is 0 Å². The van der Waals surface area contributed by atoms with Gasteiger partial charge in [-0.2, -0.15) is 0 Å². The Kier molecular flexibility index (Phi) is 3.00. The molecule has 1 atom stereocenters. The van der Waals surface area contributed by atoms with Crippen LogP contribution in [0.15, 0.2) is 24.3 Å². The van der Waals surface area contributed by atoms with Crippen molar-refractivity contribution in [3.63, 3.8) is 0 Å².